The van der Waals surface area contributed by atoms with E-state index in [2.05, 4.69) is 17.6 Å². The molecular weight excluding hydrogens is 330 g/mol. The number of carbonyl (C=O) groups is 3. The normalized spacial score (nSPS) is 33.6. The van der Waals surface area contributed by atoms with Crippen molar-refractivity contribution in [2.75, 3.05) is 5.32 Å². The van der Waals surface area contributed by atoms with E-state index in [1.54, 1.807) is 0 Å². The van der Waals surface area contributed by atoms with E-state index in [1.165, 1.54) is 4.90 Å². The number of nitrogens with zero attached hydrogens (tertiary/aromatic N) is 1. The molecule has 6 nitrogen and oxygen atoms in total. The van der Waals surface area contributed by atoms with E-state index in [0.29, 0.717) is 6.42 Å². The first kappa shape index (κ1) is 17.2. The fraction of sp³-hybridized carbons (Fsp3) is 0.550. The second-order valence-corrected chi connectivity index (χ2v) is 7.74. The molecule has 0 aromatic heterocycles. The van der Waals surface area contributed by atoms with E-state index in [9.17, 15) is 14.4 Å². The summed E-state index contributed by atoms with van der Waals surface area (Å²) in [5.74, 6) is -1.80. The van der Waals surface area contributed by atoms with Crippen molar-refractivity contribution in [3.05, 3.63) is 29.3 Å². The number of hydrogen-bond donors (Lipinski definition) is 2. The van der Waals surface area contributed by atoms with Crippen LogP contribution in [-0.4, -0.2) is 34.7 Å². The van der Waals surface area contributed by atoms with E-state index in [-0.39, 0.29) is 29.8 Å². The van der Waals surface area contributed by atoms with Crippen LogP contribution in [0.4, 0.5) is 5.69 Å². The Labute approximate surface area is 153 Å². The van der Waals surface area contributed by atoms with Crippen LogP contribution in [0.2, 0.25) is 0 Å². The van der Waals surface area contributed by atoms with Crippen LogP contribution in [0.25, 0.3) is 0 Å². The Kier molecular flexibility index (Phi) is 3.74. The van der Waals surface area contributed by atoms with Crippen molar-refractivity contribution in [2.45, 2.75) is 58.2 Å². The van der Waals surface area contributed by atoms with Crippen LogP contribution in [0.1, 0.15) is 45.2 Å². The number of imide groups is 1. The first-order valence-corrected chi connectivity index (χ1v) is 9.46. The number of amides is 3. The Morgan fingerprint density at radius 1 is 1.19 bits per heavy atom. The minimum atomic E-state index is -1.15. The van der Waals surface area contributed by atoms with Gasteiger partial charge in [-0.25, -0.2) is 0 Å². The van der Waals surface area contributed by atoms with Gasteiger partial charge in [-0.15, -0.1) is 0 Å². The van der Waals surface area contributed by atoms with Crippen molar-refractivity contribution in [2.24, 2.45) is 11.8 Å². The predicted octanol–water partition coefficient (Wildman–Crippen LogP) is 1.79. The SMILES string of the molecule is CCc1ccc2c(c1)C1(NC(C)C3C(=O)N(C(C)CC)C(=O)C31)C(=O)N2. The number of likely N-dealkylation sites (tertiary alicyclic amines) is 1. The van der Waals surface area contributed by atoms with Gasteiger partial charge in [-0.05, 0) is 38.3 Å². The quantitative estimate of drug-likeness (QED) is 0.811. The second kappa shape index (κ2) is 5.64. The molecule has 138 valence electrons. The molecule has 0 radical (unpaired) electrons. The zero-order valence-electron chi connectivity index (χ0n) is 15.6. The Bertz CT molecular complexity index is 821. The lowest BCUT2D eigenvalue weighted by molar-refractivity contribution is -0.145. The molecule has 1 aromatic rings. The predicted molar refractivity (Wildman–Crippen MR) is 97.3 cm³/mol. The zero-order valence-corrected chi connectivity index (χ0v) is 15.6. The highest BCUT2D eigenvalue weighted by Crippen LogP contribution is 2.53. The summed E-state index contributed by atoms with van der Waals surface area (Å²) >= 11 is 0. The molecule has 0 saturated carbocycles. The highest BCUT2D eigenvalue weighted by molar-refractivity contribution is 6.15. The van der Waals surface area contributed by atoms with Gasteiger partial charge in [0.2, 0.25) is 17.7 Å². The summed E-state index contributed by atoms with van der Waals surface area (Å²) in [4.78, 5) is 40.8. The number of fused-ring (bicyclic) bond motifs is 4. The summed E-state index contributed by atoms with van der Waals surface area (Å²) < 4.78 is 0. The second-order valence-electron chi connectivity index (χ2n) is 7.74. The van der Waals surface area contributed by atoms with Gasteiger partial charge >= 0.3 is 0 Å². The average Bonchev–Trinajstić information content (AvgIpc) is 3.18. The minimum absolute atomic E-state index is 0.154. The zero-order chi connectivity index (χ0) is 18.8. The molecule has 6 heteroatoms. The molecule has 0 aliphatic carbocycles. The van der Waals surface area contributed by atoms with E-state index in [4.69, 9.17) is 0 Å². The van der Waals surface area contributed by atoms with Crippen LogP contribution in [0.15, 0.2) is 18.2 Å². The summed E-state index contributed by atoms with van der Waals surface area (Å²) in [5, 5.41) is 6.27. The number of carbonyl (C=O) groups excluding carboxylic acids is 3. The van der Waals surface area contributed by atoms with Gasteiger partial charge in [0, 0.05) is 23.3 Å². The van der Waals surface area contributed by atoms with Gasteiger partial charge in [0.25, 0.3) is 0 Å². The van der Waals surface area contributed by atoms with E-state index in [1.807, 2.05) is 39.0 Å². The molecule has 2 fully saturated rings. The van der Waals surface area contributed by atoms with E-state index >= 15 is 0 Å². The van der Waals surface area contributed by atoms with E-state index in [0.717, 1.165) is 23.2 Å². The molecule has 5 atom stereocenters. The third kappa shape index (κ3) is 1.93. The molecule has 26 heavy (non-hydrogen) atoms. The topological polar surface area (TPSA) is 78.5 Å². The molecule has 0 bridgehead atoms. The number of hydrogen-bond acceptors (Lipinski definition) is 4. The van der Waals surface area contributed by atoms with Crippen molar-refractivity contribution in [1.82, 2.24) is 10.2 Å². The van der Waals surface area contributed by atoms with Gasteiger partial charge in [-0.2, -0.15) is 0 Å². The fourth-order valence-corrected chi connectivity index (χ4v) is 4.87. The van der Waals surface area contributed by atoms with Crippen molar-refractivity contribution in [3.63, 3.8) is 0 Å². The lowest BCUT2D eigenvalue weighted by Gasteiger charge is -2.30. The molecule has 3 amide bonds. The third-order valence-electron chi connectivity index (χ3n) is 6.40. The number of benzene rings is 1. The Hall–Kier alpha value is -2.21. The molecule has 3 heterocycles. The Morgan fingerprint density at radius 2 is 1.92 bits per heavy atom. The monoisotopic (exact) mass is 355 g/mol. The third-order valence-corrected chi connectivity index (χ3v) is 6.40. The molecule has 3 aliphatic rings. The largest absolute Gasteiger partial charge is 0.324 e. The summed E-state index contributed by atoms with van der Waals surface area (Å²) in [6.07, 6.45) is 1.54. The van der Waals surface area contributed by atoms with Crippen molar-refractivity contribution in [1.29, 1.82) is 0 Å². The molecule has 2 saturated heterocycles. The number of nitrogens with one attached hydrogen (secondary N) is 2. The molecule has 4 rings (SSSR count). The maximum Gasteiger partial charge on any atom is 0.250 e. The summed E-state index contributed by atoms with van der Waals surface area (Å²) in [6.45, 7) is 7.80. The van der Waals surface area contributed by atoms with Crippen molar-refractivity contribution in [3.8, 4) is 0 Å². The minimum Gasteiger partial charge on any atom is -0.324 e. The summed E-state index contributed by atoms with van der Waals surface area (Å²) in [6, 6.07) is 5.48. The molecule has 5 unspecified atom stereocenters. The van der Waals surface area contributed by atoms with Crippen LogP contribution >= 0.6 is 0 Å². The van der Waals surface area contributed by atoms with Gasteiger partial charge < -0.3 is 5.32 Å². The van der Waals surface area contributed by atoms with Gasteiger partial charge in [-0.3, -0.25) is 24.6 Å². The smallest absolute Gasteiger partial charge is 0.250 e. The summed E-state index contributed by atoms with van der Waals surface area (Å²) in [7, 11) is 0. The lowest BCUT2D eigenvalue weighted by Crippen LogP contribution is -2.53. The molecule has 3 aliphatic heterocycles. The fourth-order valence-electron chi connectivity index (χ4n) is 4.87. The van der Waals surface area contributed by atoms with Crippen molar-refractivity contribution >= 4 is 23.4 Å². The first-order chi connectivity index (χ1) is 12.4. The van der Waals surface area contributed by atoms with Crippen LogP contribution in [-0.2, 0) is 26.3 Å². The first-order valence-electron chi connectivity index (χ1n) is 9.46. The standard InChI is InChI=1S/C20H25N3O3/c1-5-10(3)23-17(24)15-11(4)22-20(16(15)18(23)25)13-9-12(6-2)7-8-14(13)21-19(20)26/h7-11,15-16,22H,5-6H2,1-4H3,(H,21,26). The highest BCUT2D eigenvalue weighted by Gasteiger charge is 2.69. The van der Waals surface area contributed by atoms with Gasteiger partial charge in [0.15, 0.2) is 0 Å². The summed E-state index contributed by atoms with van der Waals surface area (Å²) in [5.41, 5.74) is 1.48. The number of rotatable bonds is 3. The van der Waals surface area contributed by atoms with Gasteiger partial charge in [0.05, 0.1) is 11.8 Å². The van der Waals surface area contributed by atoms with Gasteiger partial charge in [-0.1, -0.05) is 26.0 Å². The average molecular weight is 355 g/mol. The Balaban J connectivity index is 1.88. The van der Waals surface area contributed by atoms with E-state index < -0.39 is 17.4 Å². The molecule has 1 spiro atoms. The molecule has 2 N–H and O–H groups in total. The molecule has 1 aromatic carbocycles. The number of anilines is 1. The molecular formula is C20H25N3O3. The highest BCUT2D eigenvalue weighted by atomic mass is 16.2. The lowest BCUT2D eigenvalue weighted by atomic mass is 9.76. The van der Waals surface area contributed by atoms with Crippen LogP contribution in [0, 0.1) is 11.8 Å². The van der Waals surface area contributed by atoms with Crippen molar-refractivity contribution < 1.29 is 14.4 Å². The van der Waals surface area contributed by atoms with Crippen LogP contribution in [0.3, 0.4) is 0 Å². The van der Waals surface area contributed by atoms with Crippen LogP contribution < -0.4 is 10.6 Å². The maximum absolute atomic E-state index is 13.3. The van der Waals surface area contributed by atoms with Gasteiger partial charge in [0.1, 0.15) is 5.54 Å². The van der Waals surface area contributed by atoms with Crippen LogP contribution in [0.5, 0.6) is 0 Å². The Morgan fingerprint density at radius 3 is 2.58 bits per heavy atom. The number of aryl methyl sites for hydroxylation is 1. The maximum atomic E-state index is 13.3.